The van der Waals surface area contributed by atoms with E-state index in [0.29, 0.717) is 68.5 Å². The number of pyridine rings is 3. The zero-order valence-electron chi connectivity index (χ0n) is 32.7. The molecule has 1 aromatic carbocycles. The minimum absolute atomic E-state index is 0.0562. The number of aromatic amines is 1. The number of amides is 2. The van der Waals surface area contributed by atoms with E-state index < -0.39 is 0 Å². The maximum Gasteiger partial charge on any atom is 0.269 e. The summed E-state index contributed by atoms with van der Waals surface area (Å²) in [5.74, 6) is 0.563. The number of aryl methyl sites for hydroxylation is 1. The summed E-state index contributed by atoms with van der Waals surface area (Å²) in [6.07, 6.45) is 5.70. The summed E-state index contributed by atoms with van der Waals surface area (Å²) in [7, 11) is 0. The Morgan fingerprint density at radius 2 is 1.82 bits per heavy atom. The Balaban J connectivity index is 0.789. The molecule has 15 nitrogen and oxygen atoms in total. The lowest BCUT2D eigenvalue weighted by molar-refractivity contribution is 0.0729. The van der Waals surface area contributed by atoms with Gasteiger partial charge < -0.3 is 34.1 Å². The maximum atomic E-state index is 13.4. The van der Waals surface area contributed by atoms with Crippen LogP contribution in [0.4, 0.5) is 5.69 Å². The third-order valence-electron chi connectivity index (χ3n) is 10.4. The zero-order valence-corrected chi connectivity index (χ0v) is 32.7. The van der Waals surface area contributed by atoms with Crippen LogP contribution in [0.3, 0.4) is 0 Å². The average molecular weight is 776 g/mol. The van der Waals surface area contributed by atoms with Crippen LogP contribution in [-0.2, 0) is 30.7 Å². The van der Waals surface area contributed by atoms with E-state index in [1.807, 2.05) is 49.7 Å². The number of hydrogen-bond acceptors (Lipinski definition) is 11. The number of aromatic nitrogens is 5. The van der Waals surface area contributed by atoms with Crippen molar-refractivity contribution < 1.29 is 23.9 Å². The number of nitrogens with zero attached hydrogens (tertiary/aromatic N) is 7. The Labute approximate surface area is 331 Å². The highest BCUT2D eigenvalue weighted by Gasteiger charge is 2.28. The van der Waals surface area contributed by atoms with Gasteiger partial charge in [-0.3, -0.25) is 29.1 Å². The molecule has 2 aliphatic heterocycles. The first kappa shape index (κ1) is 39.3. The minimum Gasteiger partial charge on any atom is -0.491 e. The molecule has 15 heteroatoms. The summed E-state index contributed by atoms with van der Waals surface area (Å²) in [4.78, 5) is 72.7. The summed E-state index contributed by atoms with van der Waals surface area (Å²) in [6.45, 7) is 12.2. The number of carbonyl (C=O) groups is 3. The molecule has 0 unspecified atom stereocenters. The smallest absolute Gasteiger partial charge is 0.269 e. The minimum atomic E-state index is -0.272. The van der Waals surface area contributed by atoms with Crippen molar-refractivity contribution in [2.45, 2.75) is 52.7 Å². The molecule has 0 atom stereocenters. The number of H-pyrrole nitrogens is 1. The second-order valence-electron chi connectivity index (χ2n) is 14.6. The first-order chi connectivity index (χ1) is 27.7. The Kier molecular flexibility index (Phi) is 12.3. The van der Waals surface area contributed by atoms with Gasteiger partial charge in [0, 0.05) is 81.3 Å². The lowest BCUT2D eigenvalue weighted by Crippen LogP contribution is -2.46. The third-order valence-corrected chi connectivity index (χ3v) is 10.4. The fraction of sp³-hybridized carbons (Fsp3) is 0.405. The van der Waals surface area contributed by atoms with Gasteiger partial charge >= 0.3 is 0 Å². The Morgan fingerprint density at radius 1 is 0.982 bits per heavy atom. The molecule has 298 valence electrons. The molecule has 7 rings (SSSR count). The normalized spacial score (nSPS) is 14.5. The number of nitrogens with one attached hydrogen (secondary N) is 2. The van der Waals surface area contributed by atoms with Crippen LogP contribution in [0, 0.1) is 0 Å². The van der Waals surface area contributed by atoms with E-state index in [4.69, 9.17) is 9.47 Å². The Morgan fingerprint density at radius 3 is 2.58 bits per heavy atom. The highest BCUT2D eigenvalue weighted by molar-refractivity contribution is 5.95. The van der Waals surface area contributed by atoms with Gasteiger partial charge in [-0.15, -0.1) is 0 Å². The quantitative estimate of drug-likeness (QED) is 0.117. The molecular formula is C42H49N9O6. The van der Waals surface area contributed by atoms with Crippen LogP contribution >= 0.6 is 0 Å². The maximum absolute atomic E-state index is 13.4. The van der Waals surface area contributed by atoms with Crippen LogP contribution in [0.15, 0.2) is 65.7 Å². The highest BCUT2D eigenvalue weighted by atomic mass is 16.5. The van der Waals surface area contributed by atoms with Crippen molar-refractivity contribution >= 4 is 34.8 Å². The molecule has 57 heavy (non-hydrogen) atoms. The lowest BCUT2D eigenvalue weighted by Gasteiger charge is -2.36. The van der Waals surface area contributed by atoms with Gasteiger partial charge in [-0.25, -0.2) is 9.97 Å². The molecule has 4 aromatic heterocycles. The van der Waals surface area contributed by atoms with Crippen LogP contribution in [0.5, 0.6) is 5.75 Å². The molecule has 2 N–H and O–H groups in total. The monoisotopic (exact) mass is 775 g/mol. The zero-order chi connectivity index (χ0) is 39.9. The van der Waals surface area contributed by atoms with Crippen molar-refractivity contribution in [1.29, 1.82) is 0 Å². The van der Waals surface area contributed by atoms with Crippen LogP contribution in [0.25, 0.3) is 11.0 Å². The van der Waals surface area contributed by atoms with E-state index in [-0.39, 0.29) is 30.0 Å². The number of carbonyl (C=O) groups excluding carboxylic acids is 3. The van der Waals surface area contributed by atoms with Gasteiger partial charge in [-0.1, -0.05) is 13.0 Å². The van der Waals surface area contributed by atoms with Crippen LogP contribution in [-0.4, -0.2) is 111 Å². The van der Waals surface area contributed by atoms with Crippen molar-refractivity contribution in [2.75, 3.05) is 64.0 Å². The molecule has 1 saturated heterocycles. The van der Waals surface area contributed by atoms with Gasteiger partial charge in [-0.05, 0) is 68.3 Å². The molecule has 0 radical (unpaired) electrons. The molecule has 0 saturated carbocycles. The van der Waals surface area contributed by atoms with E-state index >= 15 is 0 Å². The van der Waals surface area contributed by atoms with E-state index in [2.05, 4.69) is 35.1 Å². The van der Waals surface area contributed by atoms with E-state index in [1.54, 1.807) is 41.4 Å². The first-order valence-electron chi connectivity index (χ1n) is 19.6. The molecule has 0 bridgehead atoms. The topological polar surface area (TPSA) is 168 Å². The molecule has 2 amide bonds. The fourth-order valence-corrected chi connectivity index (χ4v) is 7.45. The number of aldehydes is 1. The lowest BCUT2D eigenvalue weighted by atomic mass is 10.1. The molecule has 2 aliphatic rings. The van der Waals surface area contributed by atoms with E-state index in [9.17, 15) is 19.2 Å². The molecule has 1 fully saturated rings. The summed E-state index contributed by atoms with van der Waals surface area (Å²) in [6, 6.07) is 14.7. The van der Waals surface area contributed by atoms with Gasteiger partial charge in [0.05, 0.1) is 48.4 Å². The molecule has 5 aromatic rings. The molecule has 6 heterocycles. The van der Waals surface area contributed by atoms with Crippen molar-refractivity contribution in [3.63, 3.8) is 0 Å². The van der Waals surface area contributed by atoms with Gasteiger partial charge in [0.1, 0.15) is 18.1 Å². The Hall–Kier alpha value is -5.93. The standard InChI is InChI=1S/C42H49N9O6/c1-4-30-22-35-36(47-40(30)53)20-29(23-44-35)25-48-13-15-49(16-14-48)32-8-9-34(45-24-32)41(54)43-11-17-56-18-19-57-33-7-5-6-31(21-33)42(55)50-12-10-38-37(26-50)46-39(27-52)51(38)28(2)3/h5-9,20-24,27-28H,4,10-19,25-26H2,1-3H3,(H,43,54)(H,47,53). The number of imidazole rings is 1. The first-order valence-corrected chi connectivity index (χ1v) is 19.6. The number of anilines is 1. The predicted molar refractivity (Wildman–Crippen MR) is 215 cm³/mol. The van der Waals surface area contributed by atoms with Crippen molar-refractivity contribution in [1.82, 2.24) is 39.6 Å². The fourth-order valence-electron chi connectivity index (χ4n) is 7.45. The van der Waals surface area contributed by atoms with Crippen molar-refractivity contribution in [3.05, 3.63) is 111 Å². The number of benzene rings is 1. The summed E-state index contributed by atoms with van der Waals surface area (Å²) < 4.78 is 13.5. The SMILES string of the molecule is CCc1cc2ncc(CN3CCN(c4ccc(C(=O)NCCOCCOc5cccc(C(=O)N6CCc7c(nc(C=O)n7C(C)C)C6)c5)nc4)CC3)cc2[nH]c1=O. The van der Waals surface area contributed by atoms with Gasteiger partial charge in [0.25, 0.3) is 17.4 Å². The molecule has 0 aliphatic carbocycles. The summed E-state index contributed by atoms with van der Waals surface area (Å²) in [5, 5.41) is 2.85. The number of ether oxygens (including phenoxy) is 2. The van der Waals surface area contributed by atoms with Crippen LogP contribution < -0.4 is 20.5 Å². The van der Waals surface area contributed by atoms with Gasteiger partial charge in [-0.2, -0.15) is 0 Å². The second-order valence-corrected chi connectivity index (χ2v) is 14.6. The average Bonchev–Trinajstić information content (AvgIpc) is 3.62. The van der Waals surface area contributed by atoms with Gasteiger partial charge in [0.2, 0.25) is 0 Å². The molecular weight excluding hydrogens is 727 g/mol. The summed E-state index contributed by atoms with van der Waals surface area (Å²) in [5.41, 5.74) is 6.90. The van der Waals surface area contributed by atoms with Crippen molar-refractivity contribution in [3.8, 4) is 5.75 Å². The Bertz CT molecular complexity index is 2280. The largest absolute Gasteiger partial charge is 0.491 e. The molecule has 0 spiro atoms. The second kappa shape index (κ2) is 17.9. The number of rotatable bonds is 15. The van der Waals surface area contributed by atoms with Crippen LogP contribution in [0.2, 0.25) is 0 Å². The van der Waals surface area contributed by atoms with E-state index in [1.165, 1.54) is 0 Å². The summed E-state index contributed by atoms with van der Waals surface area (Å²) >= 11 is 0. The predicted octanol–water partition coefficient (Wildman–Crippen LogP) is 3.82. The van der Waals surface area contributed by atoms with Crippen molar-refractivity contribution in [2.24, 2.45) is 0 Å². The number of hydrogen-bond donors (Lipinski definition) is 2. The van der Waals surface area contributed by atoms with Gasteiger partial charge in [0.15, 0.2) is 12.1 Å². The van der Waals surface area contributed by atoms with E-state index in [0.717, 1.165) is 78.2 Å². The number of fused-ring (bicyclic) bond motifs is 2. The number of piperazine rings is 1. The third kappa shape index (κ3) is 9.21. The van der Waals surface area contributed by atoms with Crippen LogP contribution in [0.1, 0.15) is 80.8 Å². The highest BCUT2D eigenvalue weighted by Crippen LogP contribution is 2.25.